The van der Waals surface area contributed by atoms with Crippen LogP contribution in [-0.2, 0) is 4.79 Å². The maximum Gasteiger partial charge on any atom is 0.221 e. The van der Waals surface area contributed by atoms with Crippen molar-refractivity contribution < 1.29 is 4.79 Å². The number of piperazine rings is 1. The van der Waals surface area contributed by atoms with Crippen LogP contribution in [0.25, 0.3) is 0 Å². The Balaban J connectivity index is 1.29. The molecule has 1 saturated heterocycles. The van der Waals surface area contributed by atoms with Gasteiger partial charge in [-0.1, -0.05) is 29.8 Å². The molecule has 0 aromatic heterocycles. The lowest BCUT2D eigenvalue weighted by Crippen LogP contribution is -2.47. The van der Waals surface area contributed by atoms with Crippen molar-refractivity contribution in [1.82, 2.24) is 10.2 Å². The van der Waals surface area contributed by atoms with Gasteiger partial charge in [0, 0.05) is 51.4 Å². The molecule has 3 rings (SSSR count). The summed E-state index contributed by atoms with van der Waals surface area (Å²) in [6.07, 6.45) is 9.09. The number of carbonyl (C=O) groups excluding carboxylic acids is 1. The first-order valence-electron chi connectivity index (χ1n) is 9.78. The van der Waals surface area contributed by atoms with E-state index in [0.29, 0.717) is 6.42 Å². The Morgan fingerprint density at radius 2 is 1.84 bits per heavy atom. The fourth-order valence-electron chi connectivity index (χ4n) is 3.71. The minimum absolute atomic E-state index is 0.196. The van der Waals surface area contributed by atoms with E-state index in [-0.39, 0.29) is 5.91 Å². The number of amides is 1. The minimum atomic E-state index is 0.196. The molecule has 2 aliphatic rings. The van der Waals surface area contributed by atoms with Crippen LogP contribution in [0.4, 0.5) is 5.69 Å². The van der Waals surface area contributed by atoms with Crippen molar-refractivity contribution >= 4 is 11.6 Å². The molecular formula is C21H31N3O. The number of hydrogen-bond donors (Lipinski definition) is 1. The van der Waals surface area contributed by atoms with E-state index in [0.717, 1.165) is 45.7 Å². The SMILES string of the molecule is O=C(CCN1CCN(c2ccccc2)CC1)NCCC1=CCCCC1. The third-order valence-electron chi connectivity index (χ3n) is 5.30. The summed E-state index contributed by atoms with van der Waals surface area (Å²) in [4.78, 5) is 16.9. The van der Waals surface area contributed by atoms with Gasteiger partial charge in [-0.2, -0.15) is 0 Å². The second-order valence-electron chi connectivity index (χ2n) is 7.12. The van der Waals surface area contributed by atoms with Crippen LogP contribution in [0.1, 0.15) is 38.5 Å². The molecule has 1 aliphatic carbocycles. The number of para-hydroxylation sites is 1. The highest BCUT2D eigenvalue weighted by atomic mass is 16.1. The third-order valence-corrected chi connectivity index (χ3v) is 5.30. The zero-order chi connectivity index (χ0) is 17.3. The van der Waals surface area contributed by atoms with Crippen LogP contribution in [0, 0.1) is 0 Å². The summed E-state index contributed by atoms with van der Waals surface area (Å²) in [6, 6.07) is 10.6. The second kappa shape index (κ2) is 9.62. The van der Waals surface area contributed by atoms with Crippen molar-refractivity contribution in [2.45, 2.75) is 38.5 Å². The first kappa shape index (κ1) is 18.0. The maximum atomic E-state index is 12.0. The van der Waals surface area contributed by atoms with Gasteiger partial charge in [-0.05, 0) is 44.2 Å². The monoisotopic (exact) mass is 341 g/mol. The lowest BCUT2D eigenvalue weighted by Gasteiger charge is -2.36. The maximum absolute atomic E-state index is 12.0. The molecule has 4 nitrogen and oxygen atoms in total. The molecule has 0 atom stereocenters. The van der Waals surface area contributed by atoms with Gasteiger partial charge in [-0.3, -0.25) is 9.69 Å². The largest absolute Gasteiger partial charge is 0.369 e. The Morgan fingerprint density at radius 1 is 1.04 bits per heavy atom. The van der Waals surface area contributed by atoms with Gasteiger partial charge in [0.1, 0.15) is 0 Å². The minimum Gasteiger partial charge on any atom is -0.369 e. The molecular weight excluding hydrogens is 310 g/mol. The van der Waals surface area contributed by atoms with Gasteiger partial charge in [0.25, 0.3) is 0 Å². The first-order valence-corrected chi connectivity index (χ1v) is 9.78. The molecule has 1 amide bonds. The van der Waals surface area contributed by atoms with Crippen LogP contribution in [0.3, 0.4) is 0 Å². The van der Waals surface area contributed by atoms with Gasteiger partial charge in [-0.15, -0.1) is 0 Å². The van der Waals surface area contributed by atoms with Crippen LogP contribution in [-0.4, -0.2) is 50.1 Å². The number of nitrogens with one attached hydrogen (secondary N) is 1. The van der Waals surface area contributed by atoms with Gasteiger partial charge in [0.2, 0.25) is 5.91 Å². The summed E-state index contributed by atoms with van der Waals surface area (Å²) >= 11 is 0. The fraction of sp³-hybridized carbons (Fsp3) is 0.571. The predicted molar refractivity (Wildman–Crippen MR) is 104 cm³/mol. The zero-order valence-electron chi connectivity index (χ0n) is 15.3. The van der Waals surface area contributed by atoms with Crippen molar-refractivity contribution in [2.24, 2.45) is 0 Å². The number of rotatable bonds is 7. The highest BCUT2D eigenvalue weighted by molar-refractivity contribution is 5.76. The third kappa shape index (κ3) is 5.89. The van der Waals surface area contributed by atoms with E-state index in [1.54, 1.807) is 0 Å². The zero-order valence-corrected chi connectivity index (χ0v) is 15.3. The number of hydrogen-bond acceptors (Lipinski definition) is 3. The van der Waals surface area contributed by atoms with E-state index in [1.807, 2.05) is 0 Å². The van der Waals surface area contributed by atoms with E-state index >= 15 is 0 Å². The van der Waals surface area contributed by atoms with E-state index in [2.05, 4.69) is 51.5 Å². The topological polar surface area (TPSA) is 35.6 Å². The van der Waals surface area contributed by atoms with E-state index in [1.165, 1.54) is 36.9 Å². The molecule has 1 heterocycles. The molecule has 0 radical (unpaired) electrons. The van der Waals surface area contributed by atoms with Gasteiger partial charge in [0.15, 0.2) is 0 Å². The van der Waals surface area contributed by atoms with Crippen molar-refractivity contribution in [2.75, 3.05) is 44.2 Å². The molecule has 0 spiro atoms. The summed E-state index contributed by atoms with van der Waals surface area (Å²) in [7, 11) is 0. The molecule has 1 aromatic carbocycles. The van der Waals surface area contributed by atoms with Gasteiger partial charge in [0.05, 0.1) is 0 Å². The van der Waals surface area contributed by atoms with Crippen molar-refractivity contribution in [3.05, 3.63) is 42.0 Å². The van der Waals surface area contributed by atoms with Crippen molar-refractivity contribution in [3.63, 3.8) is 0 Å². The number of anilines is 1. The lowest BCUT2D eigenvalue weighted by molar-refractivity contribution is -0.121. The van der Waals surface area contributed by atoms with Crippen LogP contribution >= 0.6 is 0 Å². The quantitative estimate of drug-likeness (QED) is 0.774. The Kier molecular flexibility index (Phi) is 6.92. The lowest BCUT2D eigenvalue weighted by atomic mass is 9.97. The van der Waals surface area contributed by atoms with Crippen molar-refractivity contribution in [3.8, 4) is 0 Å². The molecule has 25 heavy (non-hydrogen) atoms. The smallest absolute Gasteiger partial charge is 0.221 e. The first-order chi connectivity index (χ1) is 12.3. The molecule has 1 fully saturated rings. The molecule has 1 aliphatic heterocycles. The van der Waals surface area contributed by atoms with Gasteiger partial charge in [-0.25, -0.2) is 0 Å². The number of carbonyl (C=O) groups is 1. The van der Waals surface area contributed by atoms with Crippen LogP contribution < -0.4 is 10.2 Å². The molecule has 0 saturated carbocycles. The summed E-state index contributed by atoms with van der Waals surface area (Å²) in [6.45, 7) is 5.83. The van der Waals surface area contributed by atoms with Crippen LogP contribution in [0.15, 0.2) is 42.0 Å². The molecule has 4 heteroatoms. The highest BCUT2D eigenvalue weighted by Crippen LogP contribution is 2.19. The number of allylic oxidation sites excluding steroid dienone is 1. The molecule has 136 valence electrons. The van der Waals surface area contributed by atoms with Crippen LogP contribution in [0.5, 0.6) is 0 Å². The second-order valence-corrected chi connectivity index (χ2v) is 7.12. The summed E-state index contributed by atoms with van der Waals surface area (Å²) in [5.74, 6) is 0.196. The van der Waals surface area contributed by atoms with Crippen LogP contribution in [0.2, 0.25) is 0 Å². The van der Waals surface area contributed by atoms with Crippen molar-refractivity contribution in [1.29, 1.82) is 0 Å². The van der Waals surface area contributed by atoms with E-state index < -0.39 is 0 Å². The Labute approximate surface area is 151 Å². The summed E-state index contributed by atoms with van der Waals surface area (Å²) in [5.41, 5.74) is 2.83. The molecule has 1 aromatic rings. The standard InChI is InChI=1S/C21H31N3O/c25-21(22-13-11-19-7-3-1-4-8-19)12-14-23-15-17-24(18-16-23)20-9-5-2-6-10-20/h2,5-7,9-10H,1,3-4,8,11-18H2,(H,22,25). The Hall–Kier alpha value is -1.81. The summed E-state index contributed by atoms with van der Waals surface area (Å²) in [5, 5.41) is 3.09. The van der Waals surface area contributed by atoms with E-state index in [9.17, 15) is 4.79 Å². The molecule has 0 bridgehead atoms. The Morgan fingerprint density at radius 3 is 2.56 bits per heavy atom. The average Bonchev–Trinajstić information content (AvgIpc) is 2.68. The average molecular weight is 341 g/mol. The molecule has 1 N–H and O–H groups in total. The normalized spacial score (nSPS) is 18.7. The Bertz CT molecular complexity index is 562. The number of nitrogens with zero attached hydrogens (tertiary/aromatic N) is 2. The van der Waals surface area contributed by atoms with Gasteiger partial charge < -0.3 is 10.2 Å². The summed E-state index contributed by atoms with van der Waals surface area (Å²) < 4.78 is 0. The molecule has 0 unspecified atom stereocenters. The number of benzene rings is 1. The fourth-order valence-corrected chi connectivity index (χ4v) is 3.71. The highest BCUT2D eigenvalue weighted by Gasteiger charge is 2.17. The predicted octanol–water partition coefficient (Wildman–Crippen LogP) is 3.21. The van der Waals surface area contributed by atoms with E-state index in [4.69, 9.17) is 0 Å². The van der Waals surface area contributed by atoms with Gasteiger partial charge >= 0.3 is 0 Å².